The molecule has 1 heterocycles. The molecule has 2 aromatic rings. The highest BCUT2D eigenvalue weighted by Crippen LogP contribution is 2.23. The number of halogens is 1. The monoisotopic (exact) mass is 287 g/mol. The van der Waals surface area contributed by atoms with E-state index in [-0.39, 0.29) is 5.82 Å². The van der Waals surface area contributed by atoms with Gasteiger partial charge in [-0.3, -0.25) is 4.98 Å². The molecule has 0 aliphatic rings. The van der Waals surface area contributed by atoms with Gasteiger partial charge in [-0.15, -0.1) is 0 Å². The number of anilines is 1. The van der Waals surface area contributed by atoms with Crippen LogP contribution in [0.1, 0.15) is 25.0 Å². The second-order valence-electron chi connectivity index (χ2n) is 5.49. The Balaban J connectivity index is 2.19. The maximum absolute atomic E-state index is 14.1. The average Bonchev–Trinajstić information content (AvgIpc) is 2.46. The molecule has 0 fully saturated rings. The summed E-state index contributed by atoms with van der Waals surface area (Å²) in [5.41, 5.74) is 2.72. The van der Waals surface area contributed by atoms with Crippen LogP contribution in [0.25, 0.3) is 0 Å². The maximum Gasteiger partial charge on any atom is 0.129 e. The summed E-state index contributed by atoms with van der Waals surface area (Å²) in [6.07, 6.45) is 3.59. The van der Waals surface area contributed by atoms with Gasteiger partial charge in [-0.2, -0.15) is 0 Å². The summed E-state index contributed by atoms with van der Waals surface area (Å²) < 4.78 is 14.1. The first-order valence-electron chi connectivity index (χ1n) is 7.18. The first kappa shape index (κ1) is 15.4. The van der Waals surface area contributed by atoms with Crippen molar-refractivity contribution in [3.63, 3.8) is 0 Å². The largest absolute Gasteiger partial charge is 0.370 e. The van der Waals surface area contributed by atoms with Gasteiger partial charge in [0.15, 0.2) is 0 Å². The first-order chi connectivity index (χ1) is 10.1. The molecule has 0 atom stereocenters. The average molecular weight is 287 g/mol. The highest BCUT2D eigenvalue weighted by molar-refractivity contribution is 5.54. The quantitative estimate of drug-likeness (QED) is 0.883. The van der Waals surface area contributed by atoms with Crippen molar-refractivity contribution in [2.75, 3.05) is 11.9 Å². The summed E-state index contributed by atoms with van der Waals surface area (Å²) in [7, 11) is 1.97. The van der Waals surface area contributed by atoms with Crippen LogP contribution in [-0.4, -0.2) is 18.1 Å². The van der Waals surface area contributed by atoms with Crippen LogP contribution < -0.4 is 10.2 Å². The van der Waals surface area contributed by atoms with Gasteiger partial charge in [0, 0.05) is 49.8 Å². The maximum atomic E-state index is 14.1. The first-order valence-corrected chi connectivity index (χ1v) is 7.18. The van der Waals surface area contributed by atoms with Crippen LogP contribution >= 0.6 is 0 Å². The standard InChI is InChI=1S/C17H22FN3/c1-13(2)20-11-15-16(18)7-4-8-17(15)21(3)12-14-6-5-9-19-10-14/h4-10,13,20H,11-12H2,1-3H3. The molecule has 0 unspecified atom stereocenters. The number of rotatable bonds is 6. The Bertz CT molecular complexity index is 570. The number of nitrogens with zero attached hydrogens (tertiary/aromatic N) is 2. The molecule has 3 nitrogen and oxygen atoms in total. The lowest BCUT2D eigenvalue weighted by molar-refractivity contribution is 0.552. The minimum absolute atomic E-state index is 0.168. The van der Waals surface area contributed by atoms with Crippen molar-refractivity contribution in [2.45, 2.75) is 33.0 Å². The number of hydrogen-bond acceptors (Lipinski definition) is 3. The third-order valence-corrected chi connectivity index (χ3v) is 3.33. The van der Waals surface area contributed by atoms with Crippen LogP contribution in [-0.2, 0) is 13.1 Å². The van der Waals surface area contributed by atoms with Crippen LogP contribution in [0.5, 0.6) is 0 Å². The van der Waals surface area contributed by atoms with Gasteiger partial charge in [0.05, 0.1) is 0 Å². The molecule has 1 aromatic carbocycles. The van der Waals surface area contributed by atoms with Gasteiger partial charge in [0.2, 0.25) is 0 Å². The summed E-state index contributed by atoms with van der Waals surface area (Å²) >= 11 is 0. The predicted octanol–water partition coefficient (Wildman–Crippen LogP) is 3.36. The van der Waals surface area contributed by atoms with E-state index in [1.807, 2.05) is 31.4 Å². The molecule has 0 aliphatic heterocycles. The SMILES string of the molecule is CC(C)NCc1c(F)cccc1N(C)Cc1cccnc1. The molecule has 4 heteroatoms. The highest BCUT2D eigenvalue weighted by Gasteiger charge is 2.12. The second-order valence-corrected chi connectivity index (χ2v) is 5.49. The van der Waals surface area contributed by atoms with Gasteiger partial charge in [0.25, 0.3) is 0 Å². The van der Waals surface area contributed by atoms with Crippen molar-refractivity contribution in [3.05, 3.63) is 59.7 Å². The van der Waals surface area contributed by atoms with Crippen LogP contribution in [0.2, 0.25) is 0 Å². The second kappa shape index (κ2) is 7.18. The zero-order valence-corrected chi connectivity index (χ0v) is 12.8. The highest BCUT2D eigenvalue weighted by atomic mass is 19.1. The van der Waals surface area contributed by atoms with E-state index in [9.17, 15) is 4.39 Å². The van der Waals surface area contributed by atoms with E-state index in [2.05, 4.69) is 29.0 Å². The normalized spacial score (nSPS) is 10.9. The number of nitrogens with one attached hydrogen (secondary N) is 1. The van der Waals surface area contributed by atoms with E-state index < -0.39 is 0 Å². The zero-order valence-electron chi connectivity index (χ0n) is 12.8. The van der Waals surface area contributed by atoms with Crippen LogP contribution in [0.4, 0.5) is 10.1 Å². The van der Waals surface area contributed by atoms with E-state index in [1.54, 1.807) is 12.3 Å². The summed E-state index contributed by atoms with van der Waals surface area (Å²) in [5, 5.41) is 3.28. The van der Waals surface area contributed by atoms with Crippen LogP contribution in [0.15, 0.2) is 42.7 Å². The Morgan fingerprint density at radius 2 is 2.05 bits per heavy atom. The lowest BCUT2D eigenvalue weighted by atomic mass is 10.1. The molecule has 0 aliphatic carbocycles. The van der Waals surface area contributed by atoms with Crippen molar-refractivity contribution in [1.82, 2.24) is 10.3 Å². The summed E-state index contributed by atoms with van der Waals surface area (Å²) in [4.78, 5) is 6.17. The van der Waals surface area contributed by atoms with Gasteiger partial charge in [-0.1, -0.05) is 26.0 Å². The Morgan fingerprint density at radius 3 is 2.71 bits per heavy atom. The third kappa shape index (κ3) is 4.26. The smallest absolute Gasteiger partial charge is 0.129 e. The molecule has 2 rings (SSSR count). The fraction of sp³-hybridized carbons (Fsp3) is 0.353. The van der Waals surface area contributed by atoms with Gasteiger partial charge in [0.1, 0.15) is 5.82 Å². The molecule has 21 heavy (non-hydrogen) atoms. The topological polar surface area (TPSA) is 28.2 Å². The fourth-order valence-corrected chi connectivity index (χ4v) is 2.24. The van der Waals surface area contributed by atoms with Crippen LogP contribution in [0, 0.1) is 5.82 Å². The molecule has 0 saturated heterocycles. The molecule has 0 spiro atoms. The Labute approximate surface area is 125 Å². The van der Waals surface area contributed by atoms with E-state index in [0.717, 1.165) is 11.3 Å². The predicted molar refractivity (Wildman–Crippen MR) is 84.7 cm³/mol. The number of aromatic nitrogens is 1. The molecule has 0 saturated carbocycles. The minimum atomic E-state index is -0.168. The molecule has 0 amide bonds. The fourth-order valence-electron chi connectivity index (χ4n) is 2.24. The van der Waals surface area contributed by atoms with Gasteiger partial charge in [-0.25, -0.2) is 4.39 Å². The van der Waals surface area contributed by atoms with E-state index in [0.29, 0.717) is 24.7 Å². The van der Waals surface area contributed by atoms with Gasteiger partial charge < -0.3 is 10.2 Å². The van der Waals surface area contributed by atoms with Crippen LogP contribution in [0.3, 0.4) is 0 Å². The van der Waals surface area contributed by atoms with Gasteiger partial charge >= 0.3 is 0 Å². The molecule has 1 aromatic heterocycles. The molecular formula is C17H22FN3. The van der Waals surface area contributed by atoms with Crippen molar-refractivity contribution in [1.29, 1.82) is 0 Å². The summed E-state index contributed by atoms with van der Waals surface area (Å²) in [6.45, 7) is 5.34. The molecule has 112 valence electrons. The van der Waals surface area contributed by atoms with Gasteiger partial charge in [-0.05, 0) is 23.8 Å². The molecule has 0 radical (unpaired) electrons. The summed E-state index contributed by atoms with van der Waals surface area (Å²) in [6, 6.07) is 9.48. The van der Waals surface area contributed by atoms with E-state index in [4.69, 9.17) is 0 Å². The van der Waals surface area contributed by atoms with Crippen molar-refractivity contribution in [3.8, 4) is 0 Å². The number of benzene rings is 1. The Hall–Kier alpha value is -1.94. The molecule has 1 N–H and O–H groups in total. The van der Waals surface area contributed by atoms with E-state index in [1.165, 1.54) is 6.07 Å². The Morgan fingerprint density at radius 1 is 1.24 bits per heavy atom. The third-order valence-electron chi connectivity index (χ3n) is 3.33. The van der Waals surface area contributed by atoms with Crippen molar-refractivity contribution < 1.29 is 4.39 Å². The lowest BCUT2D eigenvalue weighted by Gasteiger charge is -2.23. The van der Waals surface area contributed by atoms with Crippen molar-refractivity contribution >= 4 is 5.69 Å². The zero-order chi connectivity index (χ0) is 15.2. The van der Waals surface area contributed by atoms with E-state index >= 15 is 0 Å². The lowest BCUT2D eigenvalue weighted by Crippen LogP contribution is -2.25. The molecular weight excluding hydrogens is 265 g/mol. The Kier molecular flexibility index (Phi) is 5.28. The molecule has 0 bridgehead atoms. The number of hydrogen-bond donors (Lipinski definition) is 1. The summed E-state index contributed by atoms with van der Waals surface area (Å²) in [5.74, 6) is -0.168. The number of pyridine rings is 1. The minimum Gasteiger partial charge on any atom is -0.370 e. The van der Waals surface area contributed by atoms with Crippen molar-refractivity contribution in [2.24, 2.45) is 0 Å².